The smallest absolute Gasteiger partial charge is 0.197 e. The number of aryl methyl sites for hydroxylation is 1. The van der Waals surface area contributed by atoms with Crippen LogP contribution in [-0.2, 0) is 0 Å². The van der Waals surface area contributed by atoms with Gasteiger partial charge in [0.15, 0.2) is 5.78 Å². The van der Waals surface area contributed by atoms with E-state index in [4.69, 9.17) is 16.3 Å². The Morgan fingerprint density at radius 3 is 2.58 bits per heavy atom. The lowest BCUT2D eigenvalue weighted by Crippen LogP contribution is -2.06. The molecule has 0 radical (unpaired) electrons. The molecule has 0 amide bonds. The lowest BCUT2D eigenvalue weighted by Gasteiger charge is -2.10. The van der Waals surface area contributed by atoms with Gasteiger partial charge in [0, 0.05) is 15.1 Å². The van der Waals surface area contributed by atoms with E-state index in [2.05, 4.69) is 15.9 Å². The fourth-order valence-electron chi connectivity index (χ4n) is 1.84. The fraction of sp³-hybridized carbons (Fsp3) is 0.133. The largest absolute Gasteiger partial charge is 0.496 e. The normalized spacial score (nSPS) is 10.3. The molecule has 0 aliphatic carbocycles. The van der Waals surface area contributed by atoms with Crippen LogP contribution < -0.4 is 4.74 Å². The zero-order valence-corrected chi connectivity index (χ0v) is 12.9. The van der Waals surface area contributed by atoms with E-state index in [0.29, 0.717) is 21.9 Å². The van der Waals surface area contributed by atoms with Crippen LogP contribution in [0.2, 0.25) is 5.02 Å². The van der Waals surface area contributed by atoms with Gasteiger partial charge in [0.2, 0.25) is 0 Å². The molecule has 4 heteroatoms. The second-order valence-electron chi connectivity index (χ2n) is 4.13. The second-order valence-corrected chi connectivity index (χ2v) is 5.49. The highest BCUT2D eigenvalue weighted by Gasteiger charge is 2.17. The molecule has 0 saturated heterocycles. The zero-order chi connectivity index (χ0) is 14.0. The van der Waals surface area contributed by atoms with Crippen molar-refractivity contribution in [1.82, 2.24) is 0 Å². The molecule has 0 spiro atoms. The molecule has 0 aromatic heterocycles. The van der Waals surface area contributed by atoms with Gasteiger partial charge in [0.05, 0.1) is 12.7 Å². The molecular formula is C15H12BrClO2. The topological polar surface area (TPSA) is 26.3 Å². The minimum absolute atomic E-state index is 0.0989. The van der Waals surface area contributed by atoms with E-state index in [0.717, 1.165) is 10.0 Å². The van der Waals surface area contributed by atoms with Crippen LogP contribution in [0.25, 0.3) is 0 Å². The molecule has 0 aliphatic heterocycles. The van der Waals surface area contributed by atoms with E-state index in [1.165, 1.54) is 0 Å². The lowest BCUT2D eigenvalue weighted by molar-refractivity contribution is 0.103. The molecule has 0 fully saturated rings. The number of hydrogen-bond donors (Lipinski definition) is 0. The van der Waals surface area contributed by atoms with Crippen molar-refractivity contribution in [3.05, 3.63) is 62.6 Å². The number of carbonyl (C=O) groups is 1. The first-order valence-corrected chi connectivity index (χ1v) is 6.84. The summed E-state index contributed by atoms with van der Waals surface area (Å²) in [5, 5.41) is 0.544. The summed E-state index contributed by atoms with van der Waals surface area (Å²) in [4.78, 5) is 12.6. The lowest BCUT2D eigenvalue weighted by atomic mass is 9.98. The first kappa shape index (κ1) is 14.1. The Kier molecular flexibility index (Phi) is 4.27. The van der Waals surface area contributed by atoms with Gasteiger partial charge in [0.1, 0.15) is 5.75 Å². The SMILES string of the molecule is COc1ccc(Br)cc1C(=O)c1cc(Cl)ccc1C. The molecule has 2 nitrogen and oxygen atoms in total. The van der Waals surface area contributed by atoms with Crippen LogP contribution in [0.3, 0.4) is 0 Å². The Morgan fingerprint density at radius 2 is 1.89 bits per heavy atom. The molecule has 2 aromatic rings. The maximum Gasteiger partial charge on any atom is 0.197 e. The monoisotopic (exact) mass is 338 g/mol. The molecule has 98 valence electrons. The van der Waals surface area contributed by atoms with Crippen LogP contribution in [0.1, 0.15) is 21.5 Å². The van der Waals surface area contributed by atoms with Gasteiger partial charge >= 0.3 is 0 Å². The summed E-state index contributed by atoms with van der Waals surface area (Å²) >= 11 is 9.33. The molecule has 2 aromatic carbocycles. The summed E-state index contributed by atoms with van der Waals surface area (Å²) in [5.41, 5.74) is 1.99. The van der Waals surface area contributed by atoms with Gasteiger partial charge < -0.3 is 4.74 Å². The Hall–Kier alpha value is -1.32. The summed E-state index contributed by atoms with van der Waals surface area (Å²) < 4.78 is 6.07. The summed E-state index contributed by atoms with van der Waals surface area (Å²) in [7, 11) is 1.55. The highest BCUT2D eigenvalue weighted by Crippen LogP contribution is 2.27. The number of rotatable bonds is 3. The second kappa shape index (κ2) is 5.76. The zero-order valence-electron chi connectivity index (χ0n) is 10.5. The third-order valence-corrected chi connectivity index (χ3v) is 3.58. The van der Waals surface area contributed by atoms with Crippen molar-refractivity contribution < 1.29 is 9.53 Å². The highest BCUT2D eigenvalue weighted by atomic mass is 79.9. The summed E-state index contributed by atoms with van der Waals surface area (Å²) in [6.07, 6.45) is 0. The number of ether oxygens (including phenoxy) is 1. The summed E-state index contributed by atoms with van der Waals surface area (Å²) in [6.45, 7) is 1.88. The number of benzene rings is 2. The van der Waals surface area contributed by atoms with Crippen molar-refractivity contribution in [2.24, 2.45) is 0 Å². The Labute approximate surface area is 125 Å². The third kappa shape index (κ3) is 2.99. The fourth-order valence-corrected chi connectivity index (χ4v) is 2.37. The molecule has 0 saturated carbocycles. The van der Waals surface area contributed by atoms with Gasteiger partial charge in [-0.25, -0.2) is 0 Å². The first-order valence-electron chi connectivity index (χ1n) is 5.67. The van der Waals surface area contributed by atoms with Crippen LogP contribution >= 0.6 is 27.5 Å². The minimum Gasteiger partial charge on any atom is -0.496 e. The number of halogens is 2. The molecule has 2 rings (SSSR count). The standard InChI is InChI=1S/C15H12BrClO2/c1-9-3-5-11(17)8-12(9)15(18)13-7-10(16)4-6-14(13)19-2/h3-8H,1-2H3. The number of carbonyl (C=O) groups excluding carboxylic acids is 1. The van der Waals surface area contributed by atoms with E-state index in [1.54, 1.807) is 31.4 Å². The van der Waals surface area contributed by atoms with Gasteiger partial charge in [-0.1, -0.05) is 33.6 Å². The number of ketones is 1. The van der Waals surface area contributed by atoms with E-state index < -0.39 is 0 Å². The molecule has 19 heavy (non-hydrogen) atoms. The average molecular weight is 340 g/mol. The Bertz CT molecular complexity index is 638. The highest BCUT2D eigenvalue weighted by molar-refractivity contribution is 9.10. The Balaban J connectivity index is 2.55. The van der Waals surface area contributed by atoms with E-state index in [1.807, 2.05) is 19.1 Å². The average Bonchev–Trinajstić information content (AvgIpc) is 2.40. The van der Waals surface area contributed by atoms with Gasteiger partial charge in [-0.05, 0) is 42.8 Å². The summed E-state index contributed by atoms with van der Waals surface area (Å²) in [6, 6.07) is 10.6. The predicted molar refractivity (Wildman–Crippen MR) is 80.3 cm³/mol. The number of hydrogen-bond acceptors (Lipinski definition) is 2. The first-order chi connectivity index (χ1) is 9.02. The van der Waals surface area contributed by atoms with Crippen molar-refractivity contribution in [1.29, 1.82) is 0 Å². The van der Waals surface area contributed by atoms with Crippen molar-refractivity contribution in [3.8, 4) is 5.75 Å². The van der Waals surface area contributed by atoms with Crippen LogP contribution in [0.5, 0.6) is 5.75 Å². The van der Waals surface area contributed by atoms with Crippen molar-refractivity contribution in [2.45, 2.75) is 6.92 Å². The molecule has 0 unspecified atom stereocenters. The third-order valence-electron chi connectivity index (χ3n) is 2.85. The van der Waals surface area contributed by atoms with Gasteiger partial charge in [-0.3, -0.25) is 4.79 Å². The van der Waals surface area contributed by atoms with E-state index >= 15 is 0 Å². The van der Waals surface area contributed by atoms with E-state index in [9.17, 15) is 4.79 Å². The van der Waals surface area contributed by atoms with E-state index in [-0.39, 0.29) is 5.78 Å². The maximum atomic E-state index is 12.6. The van der Waals surface area contributed by atoms with Crippen LogP contribution in [-0.4, -0.2) is 12.9 Å². The maximum absolute atomic E-state index is 12.6. The quantitative estimate of drug-likeness (QED) is 0.761. The van der Waals surface area contributed by atoms with Crippen LogP contribution in [0.15, 0.2) is 40.9 Å². The minimum atomic E-state index is -0.0989. The van der Waals surface area contributed by atoms with Crippen molar-refractivity contribution in [2.75, 3.05) is 7.11 Å². The molecule has 0 bridgehead atoms. The summed E-state index contributed by atoms with van der Waals surface area (Å²) in [5.74, 6) is 0.450. The van der Waals surface area contributed by atoms with Gasteiger partial charge in [0.25, 0.3) is 0 Å². The molecule has 0 aliphatic rings. The number of methoxy groups -OCH3 is 1. The molecule has 0 atom stereocenters. The Morgan fingerprint density at radius 1 is 1.16 bits per heavy atom. The van der Waals surface area contributed by atoms with Crippen LogP contribution in [0, 0.1) is 6.92 Å². The predicted octanol–water partition coefficient (Wildman–Crippen LogP) is 4.65. The molecule has 0 heterocycles. The molecule has 0 N–H and O–H groups in total. The van der Waals surface area contributed by atoms with Gasteiger partial charge in [-0.2, -0.15) is 0 Å². The van der Waals surface area contributed by atoms with Crippen molar-refractivity contribution >= 4 is 33.3 Å². The molecular weight excluding hydrogens is 328 g/mol. The van der Waals surface area contributed by atoms with Gasteiger partial charge in [-0.15, -0.1) is 0 Å². The van der Waals surface area contributed by atoms with Crippen LogP contribution in [0.4, 0.5) is 0 Å². The van der Waals surface area contributed by atoms with Crippen molar-refractivity contribution in [3.63, 3.8) is 0 Å².